The first-order valence-electron chi connectivity index (χ1n) is 4.61. The maximum atomic E-state index is 13.1. The van der Waals surface area contributed by atoms with Crippen LogP contribution in [0.2, 0.25) is 0 Å². The number of halogens is 2. The molecule has 0 aliphatic carbocycles. The van der Waals surface area contributed by atoms with Gasteiger partial charge in [-0.25, -0.2) is 8.78 Å². The lowest BCUT2D eigenvalue weighted by atomic mass is 9.96. The van der Waals surface area contributed by atoms with Crippen molar-refractivity contribution in [1.29, 1.82) is 0 Å². The van der Waals surface area contributed by atoms with E-state index in [2.05, 4.69) is 0 Å². The van der Waals surface area contributed by atoms with E-state index < -0.39 is 17.7 Å². The standard InChI is InChI=1S/C11H13F2NO/c1-7(14)10(15)8-5-3-4-6-9(8)11(2,12)13/h3-7H,14H2,1-2H3. The van der Waals surface area contributed by atoms with E-state index in [9.17, 15) is 13.6 Å². The molecule has 0 aliphatic rings. The number of hydrogen-bond acceptors (Lipinski definition) is 2. The molecule has 0 bridgehead atoms. The Balaban J connectivity index is 3.25. The van der Waals surface area contributed by atoms with Gasteiger partial charge in [0.15, 0.2) is 5.78 Å². The minimum Gasteiger partial charge on any atom is -0.321 e. The zero-order valence-corrected chi connectivity index (χ0v) is 8.63. The van der Waals surface area contributed by atoms with Crippen LogP contribution in [0.4, 0.5) is 8.78 Å². The summed E-state index contributed by atoms with van der Waals surface area (Å²) in [6.07, 6.45) is 0. The van der Waals surface area contributed by atoms with Gasteiger partial charge in [0.2, 0.25) is 0 Å². The van der Waals surface area contributed by atoms with E-state index in [1.807, 2.05) is 0 Å². The largest absolute Gasteiger partial charge is 0.321 e. The molecule has 2 nitrogen and oxygen atoms in total. The molecule has 0 heterocycles. The lowest BCUT2D eigenvalue weighted by molar-refractivity contribution is 0.0164. The molecule has 15 heavy (non-hydrogen) atoms. The quantitative estimate of drug-likeness (QED) is 0.783. The van der Waals surface area contributed by atoms with Crippen molar-refractivity contribution >= 4 is 5.78 Å². The number of alkyl halides is 2. The van der Waals surface area contributed by atoms with Crippen molar-refractivity contribution in [2.24, 2.45) is 5.73 Å². The van der Waals surface area contributed by atoms with E-state index in [-0.39, 0.29) is 11.1 Å². The van der Waals surface area contributed by atoms with Crippen LogP contribution in [0.3, 0.4) is 0 Å². The maximum absolute atomic E-state index is 13.1. The molecule has 0 spiro atoms. The Morgan fingerprint density at radius 1 is 1.40 bits per heavy atom. The number of nitrogens with two attached hydrogens (primary N) is 1. The molecular formula is C11H13F2NO. The van der Waals surface area contributed by atoms with E-state index in [1.54, 1.807) is 6.07 Å². The highest BCUT2D eigenvalue weighted by Gasteiger charge is 2.29. The molecule has 0 aromatic heterocycles. The van der Waals surface area contributed by atoms with Crippen LogP contribution >= 0.6 is 0 Å². The summed E-state index contributed by atoms with van der Waals surface area (Å²) in [6, 6.07) is 4.87. The van der Waals surface area contributed by atoms with Crippen LogP contribution in [-0.2, 0) is 5.92 Å². The molecule has 0 saturated heterocycles. The predicted octanol–water partition coefficient (Wildman–Crippen LogP) is 2.33. The average Bonchev–Trinajstić information content (AvgIpc) is 2.15. The molecule has 82 valence electrons. The fourth-order valence-corrected chi connectivity index (χ4v) is 1.33. The van der Waals surface area contributed by atoms with Gasteiger partial charge in [-0.1, -0.05) is 24.3 Å². The number of hydrogen-bond donors (Lipinski definition) is 1. The highest BCUT2D eigenvalue weighted by atomic mass is 19.3. The smallest absolute Gasteiger partial charge is 0.271 e. The predicted molar refractivity (Wildman–Crippen MR) is 54.0 cm³/mol. The third kappa shape index (κ3) is 2.59. The lowest BCUT2D eigenvalue weighted by Crippen LogP contribution is -2.28. The Morgan fingerprint density at radius 2 is 1.93 bits per heavy atom. The molecule has 4 heteroatoms. The number of rotatable bonds is 3. The fourth-order valence-electron chi connectivity index (χ4n) is 1.33. The summed E-state index contributed by atoms with van der Waals surface area (Å²) in [5.41, 5.74) is 5.11. The Labute approximate surface area is 87.1 Å². The van der Waals surface area contributed by atoms with Gasteiger partial charge in [-0.05, 0) is 6.92 Å². The van der Waals surface area contributed by atoms with Crippen molar-refractivity contribution in [3.05, 3.63) is 35.4 Å². The zero-order valence-electron chi connectivity index (χ0n) is 8.63. The van der Waals surface area contributed by atoms with Crippen LogP contribution < -0.4 is 5.73 Å². The molecule has 1 aromatic carbocycles. The topological polar surface area (TPSA) is 43.1 Å². The van der Waals surface area contributed by atoms with Crippen LogP contribution in [0, 0.1) is 0 Å². The van der Waals surface area contributed by atoms with Crippen LogP contribution in [0.5, 0.6) is 0 Å². The highest BCUT2D eigenvalue weighted by molar-refractivity contribution is 6.01. The summed E-state index contributed by atoms with van der Waals surface area (Å²) in [5.74, 6) is -3.49. The summed E-state index contributed by atoms with van der Waals surface area (Å²) in [4.78, 5) is 11.6. The van der Waals surface area contributed by atoms with Gasteiger partial charge in [-0.3, -0.25) is 4.79 Å². The monoisotopic (exact) mass is 213 g/mol. The summed E-state index contributed by atoms with van der Waals surface area (Å²) < 4.78 is 26.3. The van der Waals surface area contributed by atoms with Crippen molar-refractivity contribution in [3.63, 3.8) is 0 Å². The molecule has 0 saturated carbocycles. The van der Waals surface area contributed by atoms with E-state index >= 15 is 0 Å². The van der Waals surface area contributed by atoms with Gasteiger partial charge in [-0.2, -0.15) is 0 Å². The minimum absolute atomic E-state index is 0.000000000000000444. The molecule has 0 amide bonds. The fraction of sp³-hybridized carbons (Fsp3) is 0.364. The molecule has 1 aromatic rings. The Morgan fingerprint density at radius 3 is 2.40 bits per heavy atom. The lowest BCUT2D eigenvalue weighted by Gasteiger charge is -2.15. The molecule has 1 atom stereocenters. The van der Waals surface area contributed by atoms with Gasteiger partial charge in [0, 0.05) is 18.1 Å². The number of ketones is 1. The van der Waals surface area contributed by atoms with Crippen molar-refractivity contribution in [3.8, 4) is 0 Å². The maximum Gasteiger partial charge on any atom is 0.271 e. The van der Waals surface area contributed by atoms with E-state index in [0.29, 0.717) is 0 Å². The van der Waals surface area contributed by atoms with Crippen molar-refractivity contribution in [2.75, 3.05) is 0 Å². The van der Waals surface area contributed by atoms with Crippen LogP contribution in [0.25, 0.3) is 0 Å². The van der Waals surface area contributed by atoms with Gasteiger partial charge < -0.3 is 5.73 Å². The number of carbonyl (C=O) groups is 1. The van der Waals surface area contributed by atoms with Gasteiger partial charge in [0.05, 0.1) is 6.04 Å². The molecule has 0 aliphatic heterocycles. The molecule has 2 N–H and O–H groups in total. The third-order valence-corrected chi connectivity index (χ3v) is 2.08. The number of Topliss-reactive ketones (excluding diaryl/α,β-unsaturated/α-hetero) is 1. The Kier molecular flexibility index (Phi) is 3.19. The first kappa shape index (κ1) is 11.8. The Bertz CT molecular complexity index is 369. The highest BCUT2D eigenvalue weighted by Crippen LogP contribution is 2.30. The number of carbonyl (C=O) groups excluding carboxylic acids is 1. The second-order valence-electron chi connectivity index (χ2n) is 3.59. The van der Waals surface area contributed by atoms with Gasteiger partial charge in [0.25, 0.3) is 5.92 Å². The van der Waals surface area contributed by atoms with E-state index in [0.717, 1.165) is 6.92 Å². The summed E-state index contributed by atoms with van der Waals surface area (Å²) in [5, 5.41) is 0. The van der Waals surface area contributed by atoms with Gasteiger partial charge in [-0.15, -0.1) is 0 Å². The molecule has 0 radical (unpaired) electrons. The minimum atomic E-state index is -3.03. The summed E-state index contributed by atoms with van der Waals surface area (Å²) in [7, 11) is 0. The van der Waals surface area contributed by atoms with Crippen molar-refractivity contribution in [1.82, 2.24) is 0 Å². The van der Waals surface area contributed by atoms with Crippen molar-refractivity contribution in [2.45, 2.75) is 25.8 Å². The van der Waals surface area contributed by atoms with Crippen LogP contribution in [0.1, 0.15) is 29.8 Å². The summed E-state index contributed by atoms with van der Waals surface area (Å²) >= 11 is 0. The van der Waals surface area contributed by atoms with Crippen molar-refractivity contribution < 1.29 is 13.6 Å². The first-order valence-corrected chi connectivity index (χ1v) is 4.61. The second-order valence-corrected chi connectivity index (χ2v) is 3.59. The first-order chi connectivity index (χ1) is 6.84. The van der Waals surface area contributed by atoms with E-state index in [4.69, 9.17) is 5.73 Å². The summed E-state index contributed by atoms with van der Waals surface area (Å²) in [6.45, 7) is 2.24. The Hall–Kier alpha value is -1.29. The third-order valence-electron chi connectivity index (χ3n) is 2.08. The van der Waals surface area contributed by atoms with E-state index in [1.165, 1.54) is 25.1 Å². The second kappa shape index (κ2) is 4.06. The molecule has 1 rings (SSSR count). The zero-order chi connectivity index (χ0) is 11.6. The molecular weight excluding hydrogens is 200 g/mol. The van der Waals surface area contributed by atoms with Crippen LogP contribution in [0.15, 0.2) is 24.3 Å². The van der Waals surface area contributed by atoms with Gasteiger partial charge in [0.1, 0.15) is 0 Å². The normalized spacial score (nSPS) is 13.7. The van der Waals surface area contributed by atoms with Gasteiger partial charge >= 0.3 is 0 Å². The number of benzene rings is 1. The molecule has 1 unspecified atom stereocenters. The average molecular weight is 213 g/mol. The molecule has 0 fully saturated rings. The SMILES string of the molecule is CC(N)C(=O)c1ccccc1C(C)(F)F. The van der Waals surface area contributed by atoms with Crippen LogP contribution in [-0.4, -0.2) is 11.8 Å².